The molecule has 4 rings (SSSR count). The molecule has 0 aliphatic carbocycles. The highest BCUT2D eigenvalue weighted by atomic mass is 16.4. The van der Waals surface area contributed by atoms with E-state index in [-0.39, 0.29) is 6.04 Å². The van der Waals surface area contributed by atoms with E-state index in [1.54, 1.807) is 11.9 Å². The third-order valence-electron chi connectivity index (χ3n) is 7.19. The van der Waals surface area contributed by atoms with Crippen LogP contribution in [0.15, 0.2) is 21.2 Å². The predicted octanol–water partition coefficient (Wildman–Crippen LogP) is 0.0323. The number of rotatable bonds is 8. The number of carboxylic acid groups (broad SMARTS) is 1. The van der Waals surface area contributed by atoms with Gasteiger partial charge in [0.15, 0.2) is 17.5 Å². The largest absolute Gasteiger partial charge is 0.480 e. The standard InChI is InChI=1S/C24H35N7O5/c1-15(2)9-12-31-19-20(27(3)24(36)28(4)21(19)33)26-23(31)29-10-5-7-16(13-29)25-18(14-32)30-11-6-8-17(30)22(34)35/h9,14,16-18,25H,5-8,10-13H2,1-4H3,(H,34,35). The van der Waals surface area contributed by atoms with Gasteiger partial charge >= 0.3 is 11.7 Å². The van der Waals surface area contributed by atoms with Crippen LogP contribution in [0.25, 0.3) is 11.2 Å². The lowest BCUT2D eigenvalue weighted by Crippen LogP contribution is -2.57. The van der Waals surface area contributed by atoms with Crippen molar-refractivity contribution >= 4 is 29.4 Å². The molecule has 196 valence electrons. The molecule has 0 spiro atoms. The van der Waals surface area contributed by atoms with Gasteiger partial charge in [0, 0.05) is 46.3 Å². The first kappa shape index (κ1) is 25.8. The Balaban J connectivity index is 1.66. The van der Waals surface area contributed by atoms with Crippen LogP contribution in [0.4, 0.5) is 5.95 Å². The normalized spacial score (nSPS) is 21.6. The lowest BCUT2D eigenvalue weighted by Gasteiger charge is -2.37. The maximum atomic E-state index is 13.1. The number of allylic oxidation sites excluding steroid dienone is 2. The average molecular weight is 502 g/mol. The van der Waals surface area contributed by atoms with Crippen molar-refractivity contribution in [2.24, 2.45) is 14.1 Å². The third kappa shape index (κ3) is 4.74. The van der Waals surface area contributed by atoms with Gasteiger partial charge in [-0.15, -0.1) is 0 Å². The minimum atomic E-state index is -0.911. The lowest BCUT2D eigenvalue weighted by atomic mass is 10.1. The summed E-state index contributed by atoms with van der Waals surface area (Å²) >= 11 is 0. The molecule has 2 aromatic heterocycles. The fraction of sp³-hybridized carbons (Fsp3) is 0.625. The Morgan fingerprint density at radius 2 is 1.89 bits per heavy atom. The van der Waals surface area contributed by atoms with Gasteiger partial charge in [0.05, 0.1) is 0 Å². The summed E-state index contributed by atoms with van der Waals surface area (Å²) in [6.07, 6.45) is 5.02. The van der Waals surface area contributed by atoms with Crippen LogP contribution < -0.4 is 21.5 Å². The number of hydrogen-bond acceptors (Lipinski definition) is 8. The summed E-state index contributed by atoms with van der Waals surface area (Å²) in [4.78, 5) is 57.7. The van der Waals surface area contributed by atoms with Crippen molar-refractivity contribution in [1.29, 1.82) is 0 Å². The number of carbonyl (C=O) groups excluding carboxylic acids is 1. The van der Waals surface area contributed by atoms with Crippen molar-refractivity contribution in [1.82, 2.24) is 28.9 Å². The molecule has 12 nitrogen and oxygen atoms in total. The van der Waals surface area contributed by atoms with E-state index in [2.05, 4.69) is 10.2 Å². The molecule has 3 atom stereocenters. The number of carboxylic acids is 1. The van der Waals surface area contributed by atoms with E-state index in [0.717, 1.165) is 35.7 Å². The number of aliphatic carboxylic acids is 1. The highest BCUT2D eigenvalue weighted by molar-refractivity contribution is 5.75. The maximum absolute atomic E-state index is 13.1. The van der Waals surface area contributed by atoms with Crippen molar-refractivity contribution in [3.05, 3.63) is 32.5 Å². The number of aryl methyl sites for hydroxylation is 1. The van der Waals surface area contributed by atoms with E-state index >= 15 is 0 Å². The smallest absolute Gasteiger partial charge is 0.332 e. The van der Waals surface area contributed by atoms with Gasteiger partial charge in [-0.25, -0.2) is 4.79 Å². The summed E-state index contributed by atoms with van der Waals surface area (Å²) in [6, 6.07) is -0.745. The van der Waals surface area contributed by atoms with E-state index in [4.69, 9.17) is 4.98 Å². The molecule has 2 fully saturated rings. The Kier molecular flexibility index (Phi) is 7.46. The monoisotopic (exact) mass is 501 g/mol. The first-order chi connectivity index (χ1) is 17.1. The van der Waals surface area contributed by atoms with Crippen LogP contribution in [0.2, 0.25) is 0 Å². The lowest BCUT2D eigenvalue weighted by molar-refractivity contribution is -0.143. The molecule has 2 aliphatic rings. The molecule has 0 saturated carbocycles. The first-order valence-electron chi connectivity index (χ1n) is 12.4. The average Bonchev–Trinajstić information content (AvgIpc) is 3.49. The van der Waals surface area contributed by atoms with E-state index in [1.165, 1.54) is 11.6 Å². The number of nitrogens with zero attached hydrogens (tertiary/aromatic N) is 6. The fourth-order valence-electron chi connectivity index (χ4n) is 5.26. The summed E-state index contributed by atoms with van der Waals surface area (Å²) in [5, 5.41) is 12.9. The highest BCUT2D eigenvalue weighted by Crippen LogP contribution is 2.25. The molecule has 2 N–H and O–H groups in total. The van der Waals surface area contributed by atoms with Crippen LogP contribution in [0.3, 0.4) is 0 Å². The van der Waals surface area contributed by atoms with Crippen molar-refractivity contribution in [3.63, 3.8) is 0 Å². The Bertz CT molecular complexity index is 1300. The van der Waals surface area contributed by atoms with Crippen LogP contribution >= 0.6 is 0 Å². The number of aromatic nitrogens is 4. The van der Waals surface area contributed by atoms with Crippen LogP contribution in [0.1, 0.15) is 39.5 Å². The first-order valence-corrected chi connectivity index (χ1v) is 12.4. The molecule has 3 unspecified atom stereocenters. The topological polar surface area (TPSA) is 135 Å². The van der Waals surface area contributed by atoms with Gasteiger partial charge in [0.1, 0.15) is 12.2 Å². The number of piperidine rings is 1. The van der Waals surface area contributed by atoms with Crippen molar-refractivity contribution in [2.45, 2.75) is 64.3 Å². The number of fused-ring (bicyclic) bond motifs is 1. The molecule has 0 aromatic carbocycles. The van der Waals surface area contributed by atoms with Gasteiger partial charge in [-0.1, -0.05) is 11.6 Å². The number of likely N-dealkylation sites (tertiary alicyclic amines) is 1. The van der Waals surface area contributed by atoms with E-state index < -0.39 is 29.4 Å². The van der Waals surface area contributed by atoms with Crippen LogP contribution in [0, 0.1) is 0 Å². The van der Waals surface area contributed by atoms with E-state index in [9.17, 15) is 24.3 Å². The summed E-state index contributed by atoms with van der Waals surface area (Å²) in [7, 11) is 3.07. The van der Waals surface area contributed by atoms with Crippen molar-refractivity contribution in [2.75, 3.05) is 24.5 Å². The Morgan fingerprint density at radius 3 is 2.56 bits per heavy atom. The Labute approximate surface area is 208 Å². The van der Waals surface area contributed by atoms with Crippen molar-refractivity contribution in [3.8, 4) is 0 Å². The summed E-state index contributed by atoms with van der Waals surface area (Å²) < 4.78 is 4.34. The van der Waals surface area contributed by atoms with Crippen LogP contribution in [0.5, 0.6) is 0 Å². The van der Waals surface area contributed by atoms with Gasteiger partial charge < -0.3 is 19.4 Å². The minimum absolute atomic E-state index is 0.0765. The van der Waals surface area contributed by atoms with Crippen LogP contribution in [-0.4, -0.2) is 78.8 Å². The highest BCUT2D eigenvalue weighted by Gasteiger charge is 2.37. The Morgan fingerprint density at radius 1 is 1.17 bits per heavy atom. The van der Waals surface area contributed by atoms with Gasteiger partial charge in [0.25, 0.3) is 5.56 Å². The Hall–Kier alpha value is -3.25. The molecule has 12 heteroatoms. The number of imidazole rings is 1. The quantitative estimate of drug-likeness (QED) is 0.379. The summed E-state index contributed by atoms with van der Waals surface area (Å²) in [5.74, 6) is -0.314. The molecule has 2 saturated heterocycles. The zero-order chi connectivity index (χ0) is 26.1. The molecule has 2 aromatic rings. The van der Waals surface area contributed by atoms with Crippen LogP contribution in [-0.2, 0) is 30.2 Å². The van der Waals surface area contributed by atoms with E-state index in [1.807, 2.05) is 24.5 Å². The number of nitrogens with one attached hydrogen (secondary N) is 1. The fourth-order valence-corrected chi connectivity index (χ4v) is 5.26. The predicted molar refractivity (Wildman–Crippen MR) is 135 cm³/mol. The molecule has 0 amide bonds. The zero-order valence-corrected chi connectivity index (χ0v) is 21.3. The molecule has 36 heavy (non-hydrogen) atoms. The third-order valence-corrected chi connectivity index (χ3v) is 7.19. The molecular weight excluding hydrogens is 466 g/mol. The molecule has 0 radical (unpaired) electrons. The van der Waals surface area contributed by atoms with Crippen molar-refractivity contribution < 1.29 is 14.7 Å². The number of hydrogen-bond donors (Lipinski definition) is 2. The number of anilines is 1. The SMILES string of the molecule is CC(C)=CCn1c(N2CCCC(NC(C=O)N3CCCC3C(=O)O)C2)nc2c1c(=O)n(C)c(=O)n2C. The molecule has 4 heterocycles. The second-order valence-corrected chi connectivity index (χ2v) is 9.95. The van der Waals surface area contributed by atoms with Gasteiger partial charge in [-0.2, -0.15) is 4.98 Å². The van der Waals surface area contributed by atoms with Gasteiger partial charge in [-0.3, -0.25) is 28.9 Å². The molecule has 2 aliphatic heterocycles. The second-order valence-electron chi connectivity index (χ2n) is 9.95. The number of carbonyl (C=O) groups is 2. The van der Waals surface area contributed by atoms with Gasteiger partial charge in [0.2, 0.25) is 5.95 Å². The zero-order valence-electron chi connectivity index (χ0n) is 21.3. The maximum Gasteiger partial charge on any atom is 0.332 e. The molecule has 0 bridgehead atoms. The minimum Gasteiger partial charge on any atom is -0.480 e. The number of aldehydes is 1. The van der Waals surface area contributed by atoms with E-state index in [0.29, 0.717) is 49.7 Å². The van der Waals surface area contributed by atoms with Gasteiger partial charge in [-0.05, 0) is 39.5 Å². The summed E-state index contributed by atoms with van der Waals surface area (Å²) in [6.45, 7) is 6.19. The summed E-state index contributed by atoms with van der Waals surface area (Å²) in [5.41, 5.74) is 0.971. The molecular formula is C24H35N7O5. The second kappa shape index (κ2) is 10.4.